The van der Waals surface area contributed by atoms with Crippen LogP contribution in [0.25, 0.3) is 22.6 Å². The van der Waals surface area contributed by atoms with Crippen LogP contribution < -0.4 is 5.73 Å². The SMILES string of the molecule is Cc1nsc(N)c1-c1nc2ncncc2[nH]1. The zero-order chi connectivity index (χ0) is 11.1. The van der Waals surface area contributed by atoms with Gasteiger partial charge in [-0.05, 0) is 18.5 Å². The van der Waals surface area contributed by atoms with Gasteiger partial charge in [0.05, 0.1) is 17.5 Å². The fourth-order valence-corrected chi connectivity index (χ4v) is 2.22. The number of nitrogens with zero attached hydrogens (tertiary/aromatic N) is 4. The lowest BCUT2D eigenvalue weighted by atomic mass is 10.2. The van der Waals surface area contributed by atoms with Gasteiger partial charge in [0, 0.05) is 0 Å². The van der Waals surface area contributed by atoms with Crippen LogP contribution in [0.1, 0.15) is 5.69 Å². The van der Waals surface area contributed by atoms with Gasteiger partial charge >= 0.3 is 0 Å². The van der Waals surface area contributed by atoms with Crippen molar-refractivity contribution in [2.24, 2.45) is 0 Å². The van der Waals surface area contributed by atoms with Gasteiger partial charge in [-0.3, -0.25) is 0 Å². The highest BCUT2D eigenvalue weighted by molar-refractivity contribution is 7.10. The molecule has 0 saturated carbocycles. The number of aryl methyl sites for hydroxylation is 1. The second-order valence-corrected chi connectivity index (χ2v) is 4.16. The van der Waals surface area contributed by atoms with Gasteiger partial charge in [-0.1, -0.05) is 0 Å². The lowest BCUT2D eigenvalue weighted by Crippen LogP contribution is -1.87. The number of fused-ring (bicyclic) bond motifs is 1. The largest absolute Gasteiger partial charge is 0.389 e. The number of H-pyrrole nitrogens is 1. The van der Waals surface area contributed by atoms with Gasteiger partial charge in [-0.25, -0.2) is 15.0 Å². The van der Waals surface area contributed by atoms with E-state index in [4.69, 9.17) is 5.73 Å². The zero-order valence-corrected chi connectivity index (χ0v) is 9.25. The number of nitrogens with two attached hydrogens (primary N) is 1. The third-order valence-corrected chi connectivity index (χ3v) is 3.05. The summed E-state index contributed by atoms with van der Waals surface area (Å²) in [6, 6.07) is 0. The fourth-order valence-electron chi connectivity index (χ4n) is 1.56. The summed E-state index contributed by atoms with van der Waals surface area (Å²) in [6.07, 6.45) is 3.15. The summed E-state index contributed by atoms with van der Waals surface area (Å²) >= 11 is 1.27. The molecular formula is C9H8N6S. The molecule has 0 atom stereocenters. The van der Waals surface area contributed by atoms with E-state index in [0.717, 1.165) is 16.8 Å². The van der Waals surface area contributed by atoms with Gasteiger partial charge in [0.15, 0.2) is 5.65 Å². The van der Waals surface area contributed by atoms with Crippen LogP contribution in [0, 0.1) is 6.92 Å². The second kappa shape index (κ2) is 3.24. The van der Waals surface area contributed by atoms with Crippen LogP contribution >= 0.6 is 11.5 Å². The molecule has 0 aliphatic carbocycles. The van der Waals surface area contributed by atoms with Crippen molar-refractivity contribution in [3.05, 3.63) is 18.2 Å². The lowest BCUT2D eigenvalue weighted by molar-refractivity contribution is 1.20. The monoisotopic (exact) mass is 232 g/mol. The van der Waals surface area contributed by atoms with Gasteiger partial charge in [-0.15, -0.1) is 0 Å². The minimum absolute atomic E-state index is 0.634. The van der Waals surface area contributed by atoms with Crippen molar-refractivity contribution in [3.63, 3.8) is 0 Å². The number of anilines is 1. The molecule has 0 unspecified atom stereocenters. The van der Waals surface area contributed by atoms with Crippen LogP contribution in [-0.4, -0.2) is 24.3 Å². The number of hydrogen-bond donors (Lipinski definition) is 2. The van der Waals surface area contributed by atoms with Crippen molar-refractivity contribution in [1.82, 2.24) is 24.3 Å². The molecule has 0 saturated heterocycles. The highest BCUT2D eigenvalue weighted by Crippen LogP contribution is 2.30. The minimum Gasteiger partial charge on any atom is -0.389 e. The normalized spacial score (nSPS) is 11.1. The lowest BCUT2D eigenvalue weighted by Gasteiger charge is -1.94. The predicted octanol–water partition coefficient (Wildman–Crippen LogP) is 1.37. The number of nitrogen functional groups attached to an aromatic ring is 1. The first-order valence-corrected chi connectivity index (χ1v) is 5.41. The van der Waals surface area contributed by atoms with Gasteiger partial charge < -0.3 is 10.7 Å². The van der Waals surface area contributed by atoms with Gasteiger partial charge in [0.1, 0.15) is 22.7 Å². The predicted molar refractivity (Wildman–Crippen MR) is 61.9 cm³/mol. The number of imidazole rings is 1. The second-order valence-electron chi connectivity index (χ2n) is 3.35. The van der Waals surface area contributed by atoms with Crippen molar-refractivity contribution < 1.29 is 0 Å². The summed E-state index contributed by atoms with van der Waals surface area (Å²) in [5.74, 6) is 0.694. The Morgan fingerprint density at radius 2 is 2.31 bits per heavy atom. The van der Waals surface area contributed by atoms with E-state index in [-0.39, 0.29) is 0 Å². The quantitative estimate of drug-likeness (QED) is 0.660. The van der Waals surface area contributed by atoms with Gasteiger partial charge in [0.2, 0.25) is 0 Å². The van der Waals surface area contributed by atoms with Crippen LogP contribution in [0.2, 0.25) is 0 Å². The van der Waals surface area contributed by atoms with Gasteiger partial charge in [0.25, 0.3) is 0 Å². The first kappa shape index (κ1) is 9.22. The van der Waals surface area contributed by atoms with E-state index >= 15 is 0 Å². The van der Waals surface area contributed by atoms with Gasteiger partial charge in [-0.2, -0.15) is 4.37 Å². The van der Waals surface area contributed by atoms with Crippen LogP contribution in [0.4, 0.5) is 5.00 Å². The number of nitrogens with one attached hydrogen (secondary N) is 1. The van der Waals surface area contributed by atoms with E-state index in [2.05, 4.69) is 24.3 Å². The van der Waals surface area contributed by atoms with E-state index in [1.165, 1.54) is 17.9 Å². The minimum atomic E-state index is 0.634. The molecule has 0 spiro atoms. The average Bonchev–Trinajstić information content (AvgIpc) is 2.82. The number of rotatable bonds is 1. The fraction of sp³-hybridized carbons (Fsp3) is 0.111. The molecule has 0 radical (unpaired) electrons. The maximum absolute atomic E-state index is 5.86. The standard InChI is InChI=1S/C9H8N6S/c1-4-6(7(10)16-15-4)9-13-5-2-11-3-12-8(5)14-9/h2-3H,10H2,1H3,(H,11,12,13,14). The molecule has 0 aromatic carbocycles. The van der Waals surface area contributed by atoms with Crippen LogP contribution in [-0.2, 0) is 0 Å². The van der Waals surface area contributed by atoms with Crippen LogP contribution in [0.3, 0.4) is 0 Å². The molecule has 0 fully saturated rings. The first-order valence-electron chi connectivity index (χ1n) is 4.63. The molecule has 0 bridgehead atoms. The number of aromatic nitrogens is 5. The highest BCUT2D eigenvalue weighted by Gasteiger charge is 2.14. The Morgan fingerprint density at radius 3 is 3.00 bits per heavy atom. The maximum Gasteiger partial charge on any atom is 0.181 e. The third-order valence-electron chi connectivity index (χ3n) is 2.29. The van der Waals surface area contributed by atoms with E-state index in [1.807, 2.05) is 6.92 Å². The Kier molecular flexibility index (Phi) is 1.87. The number of aromatic amines is 1. The van der Waals surface area contributed by atoms with Crippen molar-refractivity contribution in [3.8, 4) is 11.4 Å². The van der Waals surface area contributed by atoms with Crippen molar-refractivity contribution in [2.75, 3.05) is 5.73 Å². The molecule has 16 heavy (non-hydrogen) atoms. The summed E-state index contributed by atoms with van der Waals surface area (Å²) in [5.41, 5.74) is 9.00. The summed E-state index contributed by atoms with van der Waals surface area (Å²) < 4.78 is 4.18. The average molecular weight is 232 g/mol. The molecule has 6 nitrogen and oxygen atoms in total. The summed E-state index contributed by atoms with van der Waals surface area (Å²) in [5, 5.41) is 0.657. The van der Waals surface area contributed by atoms with Crippen molar-refractivity contribution >= 4 is 27.7 Å². The Morgan fingerprint density at radius 1 is 1.44 bits per heavy atom. The topological polar surface area (TPSA) is 93.4 Å². The molecule has 7 heteroatoms. The van der Waals surface area contributed by atoms with Crippen molar-refractivity contribution in [1.29, 1.82) is 0 Å². The summed E-state index contributed by atoms with van der Waals surface area (Å²) in [7, 11) is 0. The molecule has 3 aromatic heterocycles. The van der Waals surface area contributed by atoms with Crippen LogP contribution in [0.15, 0.2) is 12.5 Å². The molecule has 3 N–H and O–H groups in total. The number of hydrogen-bond acceptors (Lipinski definition) is 6. The Balaban J connectivity index is 2.27. The smallest absolute Gasteiger partial charge is 0.181 e. The summed E-state index contributed by atoms with van der Waals surface area (Å²) in [4.78, 5) is 15.5. The molecule has 80 valence electrons. The van der Waals surface area contributed by atoms with E-state index < -0.39 is 0 Å². The van der Waals surface area contributed by atoms with E-state index in [1.54, 1.807) is 6.20 Å². The maximum atomic E-state index is 5.86. The van der Waals surface area contributed by atoms with Crippen molar-refractivity contribution in [2.45, 2.75) is 6.92 Å². The van der Waals surface area contributed by atoms with E-state index in [0.29, 0.717) is 16.5 Å². The zero-order valence-electron chi connectivity index (χ0n) is 8.43. The first-order chi connectivity index (χ1) is 7.75. The molecule has 0 aliphatic heterocycles. The molecule has 0 aliphatic rings. The molecule has 3 rings (SSSR count). The Hall–Kier alpha value is -2.02. The van der Waals surface area contributed by atoms with Crippen LogP contribution in [0.5, 0.6) is 0 Å². The van der Waals surface area contributed by atoms with E-state index in [9.17, 15) is 0 Å². The third kappa shape index (κ3) is 1.25. The Labute approximate surface area is 94.7 Å². The highest BCUT2D eigenvalue weighted by atomic mass is 32.1. The molecule has 3 aromatic rings. The summed E-state index contributed by atoms with van der Waals surface area (Å²) in [6.45, 7) is 1.90. The molecule has 3 heterocycles. The molecular weight excluding hydrogens is 224 g/mol. The Bertz CT molecular complexity index is 602. The molecule has 0 amide bonds.